The van der Waals surface area contributed by atoms with Gasteiger partial charge >= 0.3 is 0 Å². The van der Waals surface area contributed by atoms with Crippen molar-refractivity contribution in [1.29, 1.82) is 0 Å². The molecule has 1 nitrogen and oxygen atoms in total. The van der Waals surface area contributed by atoms with E-state index < -0.39 is 0 Å². The fraction of sp³-hybridized carbons (Fsp3) is 0.588. The molecule has 0 amide bonds. The van der Waals surface area contributed by atoms with Crippen LogP contribution in [0.5, 0.6) is 0 Å². The number of rotatable bonds is 5. The molecule has 1 aromatic rings. The van der Waals surface area contributed by atoms with Gasteiger partial charge in [0, 0.05) is 12.8 Å². The van der Waals surface area contributed by atoms with Crippen LogP contribution in [0.25, 0.3) is 0 Å². The maximum atomic E-state index is 11.9. The third-order valence-corrected chi connectivity index (χ3v) is 3.07. The molecule has 18 heavy (non-hydrogen) atoms. The van der Waals surface area contributed by atoms with E-state index in [1.165, 1.54) is 11.1 Å². The van der Waals surface area contributed by atoms with Crippen LogP contribution in [0.4, 0.5) is 0 Å². The fourth-order valence-electron chi connectivity index (χ4n) is 2.30. The molecule has 0 aliphatic heterocycles. The smallest absolute Gasteiger partial charge is 0.137 e. The second-order valence-corrected chi connectivity index (χ2v) is 6.63. The minimum Gasteiger partial charge on any atom is -0.299 e. The molecule has 0 aromatic heterocycles. The van der Waals surface area contributed by atoms with Crippen LogP contribution in [0.3, 0.4) is 0 Å². The van der Waals surface area contributed by atoms with E-state index in [2.05, 4.69) is 52.8 Å². The van der Waals surface area contributed by atoms with Crippen molar-refractivity contribution in [2.24, 2.45) is 5.41 Å². The van der Waals surface area contributed by atoms with Crippen molar-refractivity contribution in [2.45, 2.75) is 60.3 Å². The molecule has 0 heterocycles. The first-order chi connectivity index (χ1) is 8.26. The Kier molecular flexibility index (Phi) is 5.13. The molecule has 0 N–H and O–H groups in total. The van der Waals surface area contributed by atoms with Gasteiger partial charge in [-0.25, -0.2) is 0 Å². The predicted octanol–water partition coefficient (Wildman–Crippen LogP) is 4.63. The maximum absolute atomic E-state index is 11.9. The Morgan fingerprint density at radius 3 is 2.11 bits per heavy atom. The van der Waals surface area contributed by atoms with Crippen molar-refractivity contribution >= 4 is 5.78 Å². The lowest BCUT2D eigenvalue weighted by atomic mass is 9.89. The highest BCUT2D eigenvalue weighted by molar-refractivity contribution is 5.80. The third kappa shape index (κ3) is 6.00. The van der Waals surface area contributed by atoms with Crippen molar-refractivity contribution < 1.29 is 4.79 Å². The normalized spacial score (nSPS) is 11.6. The molecule has 100 valence electrons. The average molecular weight is 246 g/mol. The van der Waals surface area contributed by atoms with Gasteiger partial charge in [-0.15, -0.1) is 0 Å². The highest BCUT2D eigenvalue weighted by Gasteiger charge is 2.11. The van der Waals surface area contributed by atoms with Gasteiger partial charge in [0.05, 0.1) is 0 Å². The Morgan fingerprint density at radius 1 is 1.06 bits per heavy atom. The molecule has 1 rings (SSSR count). The van der Waals surface area contributed by atoms with Crippen LogP contribution in [0.15, 0.2) is 18.2 Å². The van der Waals surface area contributed by atoms with Gasteiger partial charge in [0.25, 0.3) is 0 Å². The summed E-state index contributed by atoms with van der Waals surface area (Å²) in [5, 5.41) is 0. The Labute approximate surface area is 112 Å². The highest BCUT2D eigenvalue weighted by atomic mass is 16.1. The van der Waals surface area contributed by atoms with Gasteiger partial charge < -0.3 is 0 Å². The van der Waals surface area contributed by atoms with Gasteiger partial charge in [0.15, 0.2) is 0 Å². The molecular weight excluding hydrogens is 220 g/mol. The van der Waals surface area contributed by atoms with Crippen molar-refractivity contribution in [3.05, 3.63) is 34.9 Å². The maximum Gasteiger partial charge on any atom is 0.137 e. The number of hydrogen-bond acceptors (Lipinski definition) is 1. The van der Waals surface area contributed by atoms with Crippen LogP contribution in [-0.2, 0) is 11.2 Å². The summed E-state index contributed by atoms with van der Waals surface area (Å²) in [6, 6.07) is 6.39. The van der Waals surface area contributed by atoms with E-state index in [-0.39, 0.29) is 0 Å². The Hall–Kier alpha value is -1.11. The summed E-state index contributed by atoms with van der Waals surface area (Å²) in [4.78, 5) is 11.9. The average Bonchev–Trinajstić information content (AvgIpc) is 2.12. The molecule has 0 bridgehead atoms. The number of carbonyl (C=O) groups is 1. The van der Waals surface area contributed by atoms with E-state index in [0.717, 1.165) is 18.4 Å². The molecule has 0 fully saturated rings. The summed E-state index contributed by atoms with van der Waals surface area (Å²) < 4.78 is 0. The minimum atomic E-state index is 0.334. The zero-order valence-electron chi connectivity index (χ0n) is 12.5. The number of hydrogen-bond donors (Lipinski definition) is 0. The quantitative estimate of drug-likeness (QED) is 0.740. The number of aryl methyl sites for hydroxylation is 2. The highest BCUT2D eigenvalue weighted by Crippen LogP contribution is 2.22. The predicted molar refractivity (Wildman–Crippen MR) is 77.9 cm³/mol. The van der Waals surface area contributed by atoms with Crippen LogP contribution in [0.2, 0.25) is 0 Å². The monoisotopic (exact) mass is 246 g/mol. The van der Waals surface area contributed by atoms with Crippen LogP contribution >= 0.6 is 0 Å². The second kappa shape index (κ2) is 6.17. The van der Waals surface area contributed by atoms with Crippen LogP contribution in [-0.4, -0.2) is 5.78 Å². The Balaban J connectivity index is 2.45. The molecule has 0 atom stereocenters. The SMILES string of the molecule is Cc1cc(C)cc(CC(=O)CCCC(C)(C)C)c1. The van der Waals surface area contributed by atoms with Crippen molar-refractivity contribution in [3.63, 3.8) is 0 Å². The van der Waals surface area contributed by atoms with E-state index in [4.69, 9.17) is 0 Å². The molecule has 1 heteroatoms. The molecular formula is C17H26O. The minimum absolute atomic E-state index is 0.334. The molecule has 1 aromatic carbocycles. The zero-order valence-corrected chi connectivity index (χ0v) is 12.5. The van der Waals surface area contributed by atoms with Crippen molar-refractivity contribution in [2.75, 3.05) is 0 Å². The van der Waals surface area contributed by atoms with Crippen molar-refractivity contribution in [1.82, 2.24) is 0 Å². The Morgan fingerprint density at radius 2 is 1.61 bits per heavy atom. The zero-order chi connectivity index (χ0) is 13.8. The third-order valence-electron chi connectivity index (χ3n) is 3.07. The van der Waals surface area contributed by atoms with Crippen molar-refractivity contribution in [3.8, 4) is 0 Å². The molecule has 0 spiro atoms. The van der Waals surface area contributed by atoms with Gasteiger partial charge in [0.1, 0.15) is 5.78 Å². The molecule has 0 saturated carbocycles. The summed E-state index contributed by atoms with van der Waals surface area (Å²) in [6.45, 7) is 10.8. The standard InChI is InChI=1S/C17H26O/c1-13-9-14(2)11-15(10-13)12-16(18)7-6-8-17(3,4)5/h9-11H,6-8,12H2,1-5H3. The molecule has 0 radical (unpaired) electrons. The van der Waals surface area contributed by atoms with E-state index in [9.17, 15) is 4.79 Å². The number of carbonyl (C=O) groups excluding carboxylic acids is 1. The molecule has 0 aliphatic carbocycles. The van der Waals surface area contributed by atoms with E-state index in [1.807, 2.05) is 0 Å². The van der Waals surface area contributed by atoms with E-state index in [1.54, 1.807) is 0 Å². The summed E-state index contributed by atoms with van der Waals surface area (Å²) >= 11 is 0. The van der Waals surface area contributed by atoms with E-state index in [0.29, 0.717) is 24.0 Å². The molecule has 0 aliphatic rings. The van der Waals surface area contributed by atoms with Crippen LogP contribution in [0, 0.1) is 19.3 Å². The van der Waals surface area contributed by atoms with Gasteiger partial charge in [-0.1, -0.05) is 50.1 Å². The second-order valence-electron chi connectivity index (χ2n) is 6.63. The summed E-state index contributed by atoms with van der Waals surface area (Å²) in [6.07, 6.45) is 3.43. The first-order valence-electron chi connectivity index (χ1n) is 6.85. The largest absolute Gasteiger partial charge is 0.299 e. The first-order valence-corrected chi connectivity index (χ1v) is 6.85. The summed E-state index contributed by atoms with van der Waals surface area (Å²) in [5.74, 6) is 0.365. The van der Waals surface area contributed by atoms with Crippen LogP contribution in [0.1, 0.15) is 56.7 Å². The molecule has 0 unspecified atom stereocenters. The van der Waals surface area contributed by atoms with Gasteiger partial charge in [-0.05, 0) is 37.7 Å². The lowest BCUT2D eigenvalue weighted by Crippen LogP contribution is -2.08. The fourth-order valence-corrected chi connectivity index (χ4v) is 2.30. The summed E-state index contributed by atoms with van der Waals surface area (Å²) in [5.41, 5.74) is 3.98. The summed E-state index contributed by atoms with van der Waals surface area (Å²) in [7, 11) is 0. The number of Topliss-reactive ketones (excluding diaryl/α,β-unsaturated/α-hetero) is 1. The lowest BCUT2D eigenvalue weighted by molar-refractivity contribution is -0.118. The van der Waals surface area contributed by atoms with Gasteiger partial charge in [-0.2, -0.15) is 0 Å². The Bertz CT molecular complexity index is 390. The first kappa shape index (κ1) is 14.9. The van der Waals surface area contributed by atoms with Gasteiger partial charge in [-0.3, -0.25) is 4.79 Å². The molecule has 0 saturated heterocycles. The number of benzene rings is 1. The topological polar surface area (TPSA) is 17.1 Å². The van der Waals surface area contributed by atoms with Crippen LogP contribution < -0.4 is 0 Å². The number of ketones is 1. The lowest BCUT2D eigenvalue weighted by Gasteiger charge is -2.17. The van der Waals surface area contributed by atoms with E-state index >= 15 is 0 Å². The van der Waals surface area contributed by atoms with Gasteiger partial charge in [0.2, 0.25) is 0 Å².